The topological polar surface area (TPSA) is 128 Å². The smallest absolute Gasteiger partial charge is 0.434 e. The summed E-state index contributed by atoms with van der Waals surface area (Å²) in [6.07, 6.45) is 4.03. The van der Waals surface area contributed by atoms with Crippen LogP contribution in [0.25, 0.3) is 11.1 Å². The summed E-state index contributed by atoms with van der Waals surface area (Å²) in [4.78, 5) is 26.4. The van der Waals surface area contributed by atoms with Gasteiger partial charge in [0.25, 0.3) is 0 Å². The largest absolute Gasteiger partial charge is 0.491 e. The number of hydrogen-bond acceptors (Lipinski definition) is 9. The molecule has 4 aromatic rings. The van der Waals surface area contributed by atoms with E-state index < -0.39 is 21.9 Å². The predicted molar refractivity (Wildman–Crippen MR) is 166 cm³/mol. The molecular formula is C33H38N2O8S. The maximum atomic E-state index is 12.1. The fourth-order valence-corrected chi connectivity index (χ4v) is 6.74. The van der Waals surface area contributed by atoms with Crippen LogP contribution in [0.5, 0.6) is 5.75 Å². The second kappa shape index (κ2) is 13.8. The number of ether oxygens (including phenoxy) is 2. The van der Waals surface area contributed by atoms with Crippen molar-refractivity contribution >= 4 is 27.1 Å². The van der Waals surface area contributed by atoms with E-state index in [1.807, 2.05) is 42.5 Å². The summed E-state index contributed by atoms with van der Waals surface area (Å²) in [6, 6.07) is 22.6. The van der Waals surface area contributed by atoms with Crippen LogP contribution in [0.1, 0.15) is 60.0 Å². The minimum Gasteiger partial charge on any atom is -0.491 e. The molecule has 0 radical (unpaired) electrons. The number of rotatable bonds is 12. The zero-order valence-electron chi connectivity index (χ0n) is 24.9. The van der Waals surface area contributed by atoms with Crippen molar-refractivity contribution in [2.45, 2.75) is 57.2 Å². The van der Waals surface area contributed by atoms with Gasteiger partial charge in [-0.3, -0.25) is 4.90 Å². The van der Waals surface area contributed by atoms with Crippen molar-refractivity contribution in [3.05, 3.63) is 100 Å². The van der Waals surface area contributed by atoms with Crippen LogP contribution in [-0.2, 0) is 21.3 Å². The fraction of sp³-hybridized carbons (Fsp3) is 0.394. The van der Waals surface area contributed by atoms with E-state index in [1.54, 1.807) is 13.0 Å². The summed E-state index contributed by atoms with van der Waals surface area (Å²) < 4.78 is 40.8. The van der Waals surface area contributed by atoms with Gasteiger partial charge in [-0.25, -0.2) is 18.0 Å². The summed E-state index contributed by atoms with van der Waals surface area (Å²) in [7, 11) is -3.87. The van der Waals surface area contributed by atoms with E-state index in [0.717, 1.165) is 37.5 Å². The molecular weight excluding hydrogens is 584 g/mol. The van der Waals surface area contributed by atoms with E-state index in [4.69, 9.17) is 13.9 Å². The van der Waals surface area contributed by atoms with Gasteiger partial charge in [-0.05, 0) is 73.9 Å². The van der Waals surface area contributed by atoms with Gasteiger partial charge in [-0.1, -0.05) is 42.5 Å². The average Bonchev–Trinajstić information content (AvgIpc) is 3.36. The summed E-state index contributed by atoms with van der Waals surface area (Å²) >= 11 is 0. The van der Waals surface area contributed by atoms with E-state index >= 15 is 0 Å². The van der Waals surface area contributed by atoms with Crippen molar-refractivity contribution in [3.8, 4) is 5.75 Å². The number of aliphatic hydroxyl groups excluding tert-OH is 1. The van der Waals surface area contributed by atoms with Crippen molar-refractivity contribution in [2.24, 2.45) is 0 Å². The monoisotopic (exact) mass is 622 g/mol. The number of esters is 1. The Hall–Kier alpha value is -3.93. The van der Waals surface area contributed by atoms with E-state index in [1.165, 1.54) is 17.7 Å². The zero-order chi connectivity index (χ0) is 31.3. The molecule has 1 fully saturated rings. The van der Waals surface area contributed by atoms with Gasteiger partial charge in [-0.15, -0.1) is 0 Å². The first-order chi connectivity index (χ1) is 21.1. The molecule has 1 aromatic heterocycles. The lowest BCUT2D eigenvalue weighted by atomic mass is 9.81. The summed E-state index contributed by atoms with van der Waals surface area (Å²) in [5.74, 6) is -0.576. The Bertz CT molecular complexity index is 1720. The first-order valence-electron chi connectivity index (χ1n) is 14.8. The Morgan fingerprint density at radius 3 is 2.41 bits per heavy atom. The number of oxazole rings is 1. The van der Waals surface area contributed by atoms with Gasteiger partial charge in [-0.2, -0.15) is 3.97 Å². The molecule has 3 aromatic carbocycles. The minimum absolute atomic E-state index is 0.0140. The number of nitrogens with zero attached hydrogens (tertiary/aromatic N) is 2. The van der Waals surface area contributed by atoms with Gasteiger partial charge in [0, 0.05) is 25.2 Å². The number of aliphatic hydroxyl groups is 1. The molecule has 0 saturated heterocycles. The Morgan fingerprint density at radius 1 is 1.05 bits per heavy atom. The van der Waals surface area contributed by atoms with Crippen LogP contribution in [0.3, 0.4) is 0 Å². The number of carbonyl (C=O) groups is 1. The zero-order valence-corrected chi connectivity index (χ0v) is 25.7. The molecule has 0 amide bonds. The lowest BCUT2D eigenvalue weighted by Crippen LogP contribution is -2.43. The van der Waals surface area contributed by atoms with Crippen LogP contribution < -0.4 is 10.5 Å². The highest BCUT2D eigenvalue weighted by Gasteiger charge is 2.28. The number of aromatic nitrogens is 1. The molecule has 1 N–H and O–H groups in total. The highest BCUT2D eigenvalue weighted by molar-refractivity contribution is 7.89. The quantitative estimate of drug-likeness (QED) is 0.226. The third-order valence-corrected chi connectivity index (χ3v) is 9.08. The first kappa shape index (κ1) is 31.5. The van der Waals surface area contributed by atoms with Crippen LogP contribution in [0, 0.1) is 0 Å². The number of carbonyl (C=O) groups excluding carboxylic acids is 1. The van der Waals surface area contributed by atoms with Gasteiger partial charge in [0.1, 0.15) is 24.0 Å². The molecule has 5 rings (SSSR count). The molecule has 10 nitrogen and oxygen atoms in total. The Labute approximate surface area is 256 Å². The van der Waals surface area contributed by atoms with Crippen molar-refractivity contribution in [1.82, 2.24) is 8.87 Å². The summed E-state index contributed by atoms with van der Waals surface area (Å²) in [5, 5.41) is 11.1. The molecule has 1 aliphatic carbocycles. The van der Waals surface area contributed by atoms with Crippen molar-refractivity contribution < 1.29 is 32.2 Å². The minimum atomic E-state index is -3.87. The molecule has 234 valence electrons. The second-order valence-corrected chi connectivity index (χ2v) is 13.1. The Morgan fingerprint density at radius 2 is 1.75 bits per heavy atom. The van der Waals surface area contributed by atoms with E-state index in [9.17, 15) is 23.1 Å². The third-order valence-electron chi connectivity index (χ3n) is 8.07. The summed E-state index contributed by atoms with van der Waals surface area (Å²) in [5.41, 5.74) is 3.15. The average molecular weight is 623 g/mol. The molecule has 0 unspecified atom stereocenters. The van der Waals surface area contributed by atoms with Gasteiger partial charge in [0.05, 0.1) is 18.4 Å². The molecule has 0 bridgehead atoms. The lowest BCUT2D eigenvalue weighted by molar-refractivity contribution is 0.0384. The summed E-state index contributed by atoms with van der Waals surface area (Å²) in [6.45, 7) is 3.20. The normalized spacial score (nSPS) is 17.9. The van der Waals surface area contributed by atoms with Gasteiger partial charge >= 0.3 is 11.7 Å². The van der Waals surface area contributed by atoms with Crippen LogP contribution in [-0.4, -0.2) is 66.5 Å². The third kappa shape index (κ3) is 7.58. The highest BCUT2D eigenvalue weighted by atomic mass is 32.2. The van der Waals surface area contributed by atoms with Crippen LogP contribution in [0.2, 0.25) is 0 Å². The molecule has 0 spiro atoms. The molecule has 44 heavy (non-hydrogen) atoms. The second-order valence-electron chi connectivity index (χ2n) is 11.3. The van der Waals surface area contributed by atoms with E-state index in [2.05, 4.69) is 17.0 Å². The Balaban J connectivity index is 1.23. The standard InChI is InChI=1S/C33H38N2O8S/c1-3-41-32(37)26-11-9-24(10-12-26)25-13-15-27(16-14-25)34(20-23-7-5-4-6-8-23)21-28(36)22-42-29-17-18-31-30(19-29)35(33(38)43-31)44(2,39)40/h4-12,17-19,25,27-28,36H,3,13-16,20-22H2,1-2H3/t25?,27?,28-/m0/s1. The van der Waals surface area contributed by atoms with Gasteiger partial charge in [0.15, 0.2) is 5.58 Å². The van der Waals surface area contributed by atoms with Crippen molar-refractivity contribution in [1.29, 1.82) is 0 Å². The van der Waals surface area contributed by atoms with E-state index in [0.29, 0.717) is 40.9 Å². The molecule has 11 heteroatoms. The predicted octanol–water partition coefficient (Wildman–Crippen LogP) is 4.55. The maximum absolute atomic E-state index is 12.1. The van der Waals surface area contributed by atoms with Crippen LogP contribution >= 0.6 is 0 Å². The van der Waals surface area contributed by atoms with Crippen molar-refractivity contribution in [2.75, 3.05) is 26.0 Å². The van der Waals surface area contributed by atoms with Crippen molar-refractivity contribution in [3.63, 3.8) is 0 Å². The molecule has 0 aliphatic heterocycles. The SMILES string of the molecule is CCOC(=O)c1ccc(C2CCC(N(Cc3ccccc3)C[C@H](O)COc3ccc4oc(=O)n(S(C)(=O)=O)c4c3)CC2)cc1. The van der Waals surface area contributed by atoms with Gasteiger partial charge < -0.3 is 19.0 Å². The van der Waals surface area contributed by atoms with Crippen LogP contribution in [0.15, 0.2) is 82.0 Å². The molecule has 1 aliphatic rings. The fourth-order valence-electron chi connectivity index (χ4n) is 5.94. The van der Waals surface area contributed by atoms with Crippen LogP contribution in [0.4, 0.5) is 0 Å². The Kier molecular flexibility index (Phi) is 9.87. The molecule has 1 atom stereocenters. The number of hydrogen-bond donors (Lipinski definition) is 1. The number of fused-ring (bicyclic) bond motifs is 1. The van der Waals surface area contributed by atoms with Gasteiger partial charge in [0.2, 0.25) is 10.0 Å². The first-order valence-corrected chi connectivity index (χ1v) is 16.7. The molecule has 1 saturated carbocycles. The maximum Gasteiger partial charge on any atom is 0.434 e. The lowest BCUT2D eigenvalue weighted by Gasteiger charge is -2.38. The van der Waals surface area contributed by atoms with E-state index in [-0.39, 0.29) is 29.7 Å². The number of benzene rings is 3. The molecule has 1 heterocycles. The highest BCUT2D eigenvalue weighted by Crippen LogP contribution is 2.35.